The minimum atomic E-state index is -1.25. The summed E-state index contributed by atoms with van der Waals surface area (Å²) in [6.45, 7) is 5.78. The summed E-state index contributed by atoms with van der Waals surface area (Å²) in [6.07, 6.45) is 4.66. The number of nitrogens with one attached hydrogen (secondary N) is 2. The summed E-state index contributed by atoms with van der Waals surface area (Å²) < 4.78 is 34.7. The highest BCUT2D eigenvalue weighted by Gasteiger charge is 2.27. The molecule has 2 heterocycles. The fourth-order valence-corrected chi connectivity index (χ4v) is 3.54. The van der Waals surface area contributed by atoms with Crippen LogP contribution in [0.25, 0.3) is 0 Å². The zero-order valence-corrected chi connectivity index (χ0v) is 19.5. The molecule has 1 amide bonds. The zero-order chi connectivity index (χ0) is 24.9. The van der Waals surface area contributed by atoms with Gasteiger partial charge in [-0.1, -0.05) is 0 Å². The maximum atomic E-state index is 14.8. The van der Waals surface area contributed by atoms with Crippen molar-refractivity contribution in [1.82, 2.24) is 15.3 Å². The Bertz CT molecular complexity index is 1010. The molecule has 2 aromatic rings. The molecule has 0 unspecified atom stereocenters. The van der Waals surface area contributed by atoms with Gasteiger partial charge in [-0.2, -0.15) is 0 Å². The lowest BCUT2D eigenvalue weighted by molar-refractivity contribution is -0.156. The van der Waals surface area contributed by atoms with Crippen molar-refractivity contribution in [2.75, 3.05) is 29.9 Å². The van der Waals surface area contributed by atoms with Gasteiger partial charge in [0.15, 0.2) is 11.6 Å². The van der Waals surface area contributed by atoms with E-state index >= 15 is 0 Å². The van der Waals surface area contributed by atoms with Crippen LogP contribution in [0.3, 0.4) is 0 Å². The Morgan fingerprint density at radius 3 is 2.44 bits per heavy atom. The molecule has 0 bridgehead atoms. The Hall–Kier alpha value is -3.34. The van der Waals surface area contributed by atoms with Gasteiger partial charge < -0.3 is 26.0 Å². The van der Waals surface area contributed by atoms with Crippen molar-refractivity contribution in [2.24, 2.45) is 5.73 Å². The Kier molecular flexibility index (Phi) is 7.98. The lowest BCUT2D eigenvalue weighted by Gasteiger charge is -2.34. The molecule has 9 nitrogen and oxygen atoms in total. The Balaban J connectivity index is 1.57. The smallest absolute Gasteiger partial charge is 0.325 e. The standard InChI is InChI=1S/C23H30F2N6O3/c1-23(2,3)34-21(33)16(26)13-29-20(32)15-5-6-17(19(25)18(15)24)31-11-7-14(8-12-31)30-22-27-9-4-10-28-22/h4-6,9-10,14,16H,7-8,11-13,26H2,1-3H3,(H,29,32)(H,27,28,30)/t16-/m0/s1. The number of carbonyl (C=O) groups excluding carboxylic acids is 2. The topological polar surface area (TPSA) is 122 Å². The highest BCUT2D eigenvalue weighted by atomic mass is 19.2. The van der Waals surface area contributed by atoms with E-state index in [4.69, 9.17) is 10.5 Å². The predicted octanol–water partition coefficient (Wildman–Crippen LogP) is 2.23. The molecule has 34 heavy (non-hydrogen) atoms. The highest BCUT2D eigenvalue weighted by molar-refractivity contribution is 5.95. The van der Waals surface area contributed by atoms with E-state index < -0.39 is 40.7 Å². The summed E-state index contributed by atoms with van der Waals surface area (Å²) in [5.41, 5.74) is 4.62. The molecule has 1 saturated heterocycles. The molecule has 1 aromatic carbocycles. The van der Waals surface area contributed by atoms with Crippen LogP contribution in [0.4, 0.5) is 20.4 Å². The molecule has 184 valence electrons. The van der Waals surface area contributed by atoms with Crippen molar-refractivity contribution >= 4 is 23.5 Å². The monoisotopic (exact) mass is 476 g/mol. The van der Waals surface area contributed by atoms with Crippen LogP contribution in [0.2, 0.25) is 0 Å². The summed E-state index contributed by atoms with van der Waals surface area (Å²) in [4.78, 5) is 34.3. The van der Waals surface area contributed by atoms with E-state index in [1.54, 1.807) is 44.1 Å². The van der Waals surface area contributed by atoms with Crippen molar-refractivity contribution in [2.45, 2.75) is 51.3 Å². The number of esters is 1. The quantitative estimate of drug-likeness (QED) is 0.520. The van der Waals surface area contributed by atoms with Crippen LogP contribution in [-0.2, 0) is 9.53 Å². The summed E-state index contributed by atoms with van der Waals surface area (Å²) >= 11 is 0. The van der Waals surface area contributed by atoms with E-state index in [1.165, 1.54) is 12.1 Å². The minimum absolute atomic E-state index is 0.0916. The number of ether oxygens (including phenoxy) is 1. The van der Waals surface area contributed by atoms with E-state index in [9.17, 15) is 18.4 Å². The predicted molar refractivity (Wildman–Crippen MR) is 123 cm³/mol. The Morgan fingerprint density at radius 1 is 1.18 bits per heavy atom. The van der Waals surface area contributed by atoms with E-state index in [1.807, 2.05) is 0 Å². The Morgan fingerprint density at radius 2 is 1.82 bits per heavy atom. The van der Waals surface area contributed by atoms with Crippen molar-refractivity contribution in [3.8, 4) is 0 Å². The second kappa shape index (κ2) is 10.7. The fraction of sp³-hybridized carbons (Fsp3) is 0.478. The van der Waals surface area contributed by atoms with Gasteiger partial charge in [0.25, 0.3) is 5.91 Å². The number of nitrogens with zero attached hydrogens (tertiary/aromatic N) is 3. The first kappa shape index (κ1) is 25.3. The largest absolute Gasteiger partial charge is 0.459 e. The number of carbonyl (C=O) groups is 2. The van der Waals surface area contributed by atoms with Crippen LogP contribution in [0, 0.1) is 11.6 Å². The van der Waals surface area contributed by atoms with E-state index in [0.717, 1.165) is 0 Å². The number of aromatic nitrogens is 2. The van der Waals surface area contributed by atoms with Gasteiger partial charge in [0.2, 0.25) is 5.95 Å². The van der Waals surface area contributed by atoms with Crippen molar-refractivity contribution in [3.63, 3.8) is 0 Å². The van der Waals surface area contributed by atoms with Gasteiger partial charge in [0, 0.05) is 38.1 Å². The molecule has 1 aliphatic heterocycles. The Labute approximate surface area is 197 Å². The number of hydrogen-bond donors (Lipinski definition) is 3. The number of benzene rings is 1. The van der Waals surface area contributed by atoms with Gasteiger partial charge in [-0.25, -0.2) is 18.7 Å². The molecule has 0 aliphatic carbocycles. The molecule has 3 rings (SSSR count). The zero-order valence-electron chi connectivity index (χ0n) is 19.5. The lowest BCUT2D eigenvalue weighted by atomic mass is 10.0. The fourth-order valence-electron chi connectivity index (χ4n) is 3.54. The summed E-state index contributed by atoms with van der Waals surface area (Å²) in [7, 11) is 0. The van der Waals surface area contributed by atoms with Gasteiger partial charge in [0.1, 0.15) is 11.6 Å². The summed E-state index contributed by atoms with van der Waals surface area (Å²) in [5, 5.41) is 5.59. The van der Waals surface area contributed by atoms with Crippen LogP contribution in [0.5, 0.6) is 0 Å². The first-order valence-electron chi connectivity index (χ1n) is 11.1. The van der Waals surface area contributed by atoms with E-state index in [2.05, 4.69) is 20.6 Å². The van der Waals surface area contributed by atoms with E-state index in [-0.39, 0.29) is 18.3 Å². The number of halogens is 2. The third-order valence-corrected chi connectivity index (χ3v) is 5.23. The molecule has 4 N–H and O–H groups in total. The number of anilines is 2. The molecule has 0 spiro atoms. The third kappa shape index (κ3) is 6.60. The van der Waals surface area contributed by atoms with Gasteiger partial charge in [-0.3, -0.25) is 9.59 Å². The summed E-state index contributed by atoms with van der Waals surface area (Å²) in [6, 6.07) is 3.32. The minimum Gasteiger partial charge on any atom is -0.459 e. The van der Waals surface area contributed by atoms with Crippen LogP contribution < -0.4 is 21.3 Å². The van der Waals surface area contributed by atoms with Crippen molar-refractivity contribution < 1.29 is 23.1 Å². The van der Waals surface area contributed by atoms with Crippen LogP contribution in [-0.4, -0.2) is 59.2 Å². The molecule has 0 radical (unpaired) electrons. The lowest BCUT2D eigenvalue weighted by Crippen LogP contribution is -2.45. The molecule has 0 saturated carbocycles. The number of nitrogens with two attached hydrogens (primary N) is 1. The molecule has 1 aliphatic rings. The van der Waals surface area contributed by atoms with Crippen molar-refractivity contribution in [3.05, 3.63) is 47.8 Å². The molecule has 1 aromatic heterocycles. The van der Waals surface area contributed by atoms with Crippen LogP contribution >= 0.6 is 0 Å². The number of amides is 1. The first-order chi connectivity index (χ1) is 16.0. The molecule has 1 fully saturated rings. The highest BCUT2D eigenvalue weighted by Crippen LogP contribution is 2.27. The maximum absolute atomic E-state index is 14.8. The van der Waals surface area contributed by atoms with Crippen LogP contribution in [0.15, 0.2) is 30.6 Å². The molecular formula is C23H30F2N6O3. The first-order valence-corrected chi connectivity index (χ1v) is 11.1. The number of rotatable bonds is 7. The van der Waals surface area contributed by atoms with E-state index in [0.29, 0.717) is 31.9 Å². The van der Waals surface area contributed by atoms with Crippen molar-refractivity contribution in [1.29, 1.82) is 0 Å². The van der Waals surface area contributed by atoms with Gasteiger partial charge in [-0.15, -0.1) is 0 Å². The van der Waals surface area contributed by atoms with Crippen LogP contribution in [0.1, 0.15) is 44.0 Å². The average Bonchev–Trinajstić information content (AvgIpc) is 2.79. The SMILES string of the molecule is CC(C)(C)OC(=O)[C@@H](N)CNC(=O)c1ccc(N2CCC(Nc3ncccn3)CC2)c(F)c1F. The normalized spacial score (nSPS) is 15.5. The van der Waals surface area contributed by atoms with Gasteiger partial charge in [-0.05, 0) is 51.8 Å². The molecule has 1 atom stereocenters. The number of piperidine rings is 1. The second-order valence-electron chi connectivity index (χ2n) is 9.09. The molecule has 11 heteroatoms. The number of hydrogen-bond acceptors (Lipinski definition) is 8. The summed E-state index contributed by atoms with van der Waals surface area (Å²) in [5.74, 6) is -3.39. The third-order valence-electron chi connectivity index (χ3n) is 5.23. The average molecular weight is 477 g/mol. The maximum Gasteiger partial charge on any atom is 0.325 e. The second-order valence-corrected chi connectivity index (χ2v) is 9.09. The van der Waals surface area contributed by atoms with Gasteiger partial charge >= 0.3 is 5.97 Å². The molecular weight excluding hydrogens is 446 g/mol. The van der Waals surface area contributed by atoms with Gasteiger partial charge in [0.05, 0.1) is 11.3 Å².